The summed E-state index contributed by atoms with van der Waals surface area (Å²) in [4.78, 5) is 0. The van der Waals surface area contributed by atoms with Crippen LogP contribution in [0.3, 0.4) is 0 Å². The van der Waals surface area contributed by atoms with E-state index in [1.165, 1.54) is 159 Å². The monoisotopic (exact) mass is 542 g/mol. The van der Waals surface area contributed by atoms with Gasteiger partial charge in [0, 0.05) is 5.33 Å². The Morgan fingerprint density at radius 1 is 0.333 bits per heavy atom. The van der Waals surface area contributed by atoms with Crippen molar-refractivity contribution in [1.29, 1.82) is 0 Å². The Kier molecular flexibility index (Phi) is 29.5. The van der Waals surface area contributed by atoms with Crippen molar-refractivity contribution < 1.29 is 0 Å². The van der Waals surface area contributed by atoms with E-state index in [2.05, 4.69) is 15.9 Å². The van der Waals surface area contributed by atoms with Crippen LogP contribution in [0.25, 0.3) is 0 Å². The van der Waals surface area contributed by atoms with Crippen molar-refractivity contribution in [2.24, 2.45) is 0 Å². The van der Waals surface area contributed by atoms with Gasteiger partial charge in [-0.1, -0.05) is 164 Å². The number of rotatable bonds is 26. The number of halogens is 3. The lowest BCUT2D eigenvalue weighted by molar-refractivity contribution is 0.518. The molecule has 0 aromatic carbocycles. The van der Waals surface area contributed by atoms with Gasteiger partial charge < -0.3 is 0 Å². The molecule has 0 heterocycles. The van der Waals surface area contributed by atoms with Crippen molar-refractivity contribution in [1.82, 2.24) is 0 Å². The molecule has 182 valence electrons. The normalized spacial score (nSPS) is 11.6. The van der Waals surface area contributed by atoms with Crippen molar-refractivity contribution in [2.45, 2.75) is 160 Å². The van der Waals surface area contributed by atoms with E-state index in [1.54, 1.807) is 0 Å². The predicted molar refractivity (Wildman–Crippen MR) is 148 cm³/mol. The molecule has 0 aromatic rings. The summed E-state index contributed by atoms with van der Waals surface area (Å²) in [7, 11) is -1.33. The third-order valence-electron chi connectivity index (χ3n) is 6.31. The third-order valence-corrected chi connectivity index (χ3v) is 9.02. The topological polar surface area (TPSA) is 0 Å². The first kappa shape index (κ1) is 31.3. The van der Waals surface area contributed by atoms with E-state index >= 15 is 0 Å². The van der Waals surface area contributed by atoms with Gasteiger partial charge in [-0.2, -0.15) is 22.2 Å². The second-order valence-electron chi connectivity index (χ2n) is 9.35. The van der Waals surface area contributed by atoms with Gasteiger partial charge in [-0.15, -0.1) is 0 Å². The Morgan fingerprint density at radius 3 is 0.733 bits per heavy atom. The molecule has 0 spiro atoms. The fraction of sp³-hybridized carbons (Fsp3) is 1.00. The van der Waals surface area contributed by atoms with Crippen LogP contribution in [0.2, 0.25) is 6.04 Å². The maximum absolute atomic E-state index is 5.89. The number of alkyl halides is 1. The first-order chi connectivity index (χ1) is 14.8. The summed E-state index contributed by atoms with van der Waals surface area (Å²) >= 11 is 15.3. The SMILES string of the molecule is Cl[SiH](Cl)CCCCCCCCCCCCCCCCCCCCCCCCCCBr. The van der Waals surface area contributed by atoms with Crippen LogP contribution < -0.4 is 0 Å². The highest BCUT2D eigenvalue weighted by Gasteiger charge is 2.00. The van der Waals surface area contributed by atoms with Gasteiger partial charge in [-0.3, -0.25) is 0 Å². The molecule has 0 aliphatic rings. The van der Waals surface area contributed by atoms with E-state index in [9.17, 15) is 0 Å². The minimum Gasteiger partial charge on any atom is -0.150 e. The van der Waals surface area contributed by atoms with Crippen LogP contribution in [0.1, 0.15) is 154 Å². The highest BCUT2D eigenvalue weighted by Crippen LogP contribution is 2.16. The van der Waals surface area contributed by atoms with Crippen LogP contribution >= 0.6 is 38.1 Å². The van der Waals surface area contributed by atoms with Crippen LogP contribution in [-0.4, -0.2) is 12.7 Å². The molecular formula is C26H53BrCl2Si. The van der Waals surface area contributed by atoms with Gasteiger partial charge in [0.1, 0.15) is 0 Å². The molecule has 0 saturated heterocycles. The molecule has 0 fully saturated rings. The third kappa shape index (κ3) is 29.3. The Bertz CT molecular complexity index is 303. The second kappa shape index (κ2) is 28.3. The minimum atomic E-state index is -1.33. The van der Waals surface area contributed by atoms with Crippen molar-refractivity contribution in [2.75, 3.05) is 5.33 Å². The van der Waals surface area contributed by atoms with Crippen LogP contribution in [0.15, 0.2) is 0 Å². The Hall–Kier alpha value is 1.28. The molecule has 0 atom stereocenters. The summed E-state index contributed by atoms with van der Waals surface area (Å²) in [5.74, 6) is 0. The zero-order valence-corrected chi connectivity index (χ0v) is 24.3. The van der Waals surface area contributed by atoms with Crippen molar-refractivity contribution >= 4 is 45.5 Å². The molecule has 0 aliphatic carbocycles. The highest BCUT2D eigenvalue weighted by atomic mass is 79.9. The molecule has 0 rings (SSSR count). The van der Waals surface area contributed by atoms with Gasteiger partial charge in [-0.05, 0) is 12.5 Å². The van der Waals surface area contributed by atoms with E-state index in [4.69, 9.17) is 22.2 Å². The summed E-state index contributed by atoms with van der Waals surface area (Å²) in [5.41, 5.74) is 0. The summed E-state index contributed by atoms with van der Waals surface area (Å²) in [6.45, 7) is 0. The highest BCUT2D eigenvalue weighted by molar-refractivity contribution is 9.09. The van der Waals surface area contributed by atoms with Crippen molar-refractivity contribution in [3.05, 3.63) is 0 Å². The molecule has 0 N–H and O–H groups in total. The Labute approximate surface area is 210 Å². The van der Waals surface area contributed by atoms with Gasteiger partial charge in [0.2, 0.25) is 7.42 Å². The molecule has 0 unspecified atom stereocenters. The second-order valence-corrected chi connectivity index (χ2v) is 15.3. The van der Waals surface area contributed by atoms with E-state index in [-0.39, 0.29) is 0 Å². The van der Waals surface area contributed by atoms with Gasteiger partial charge in [-0.25, -0.2) is 0 Å². The maximum Gasteiger partial charge on any atom is 0.237 e. The summed E-state index contributed by atoms with van der Waals surface area (Å²) in [6.07, 6.45) is 34.5. The average Bonchev–Trinajstić information content (AvgIpc) is 2.73. The number of hydrogen-bond donors (Lipinski definition) is 0. The lowest BCUT2D eigenvalue weighted by atomic mass is 10.0. The van der Waals surface area contributed by atoms with Crippen LogP contribution in [0.5, 0.6) is 0 Å². The number of hydrogen-bond acceptors (Lipinski definition) is 0. The quantitative estimate of drug-likeness (QED) is 0.0440. The lowest BCUT2D eigenvalue weighted by Gasteiger charge is -2.04. The van der Waals surface area contributed by atoms with E-state index in [1.807, 2.05) is 0 Å². The molecule has 0 bridgehead atoms. The molecule has 30 heavy (non-hydrogen) atoms. The molecule has 4 heteroatoms. The van der Waals surface area contributed by atoms with Gasteiger partial charge in [0.05, 0.1) is 0 Å². The van der Waals surface area contributed by atoms with E-state index in [0.29, 0.717) is 0 Å². The molecule has 0 aliphatic heterocycles. The summed E-state index contributed by atoms with van der Waals surface area (Å²) < 4.78 is 0. The van der Waals surface area contributed by atoms with Crippen LogP contribution in [0, 0.1) is 0 Å². The average molecular weight is 545 g/mol. The van der Waals surface area contributed by atoms with Crippen molar-refractivity contribution in [3.8, 4) is 0 Å². The smallest absolute Gasteiger partial charge is 0.150 e. The molecular weight excluding hydrogens is 491 g/mol. The zero-order chi connectivity index (χ0) is 22.0. The molecule has 0 amide bonds. The molecule has 0 nitrogen and oxygen atoms in total. The Morgan fingerprint density at radius 2 is 0.533 bits per heavy atom. The summed E-state index contributed by atoms with van der Waals surface area (Å²) in [6, 6.07) is 1.10. The molecule has 0 radical (unpaired) electrons. The zero-order valence-electron chi connectivity index (χ0n) is 20.1. The van der Waals surface area contributed by atoms with Gasteiger partial charge in [0.15, 0.2) is 0 Å². The number of unbranched alkanes of at least 4 members (excludes halogenated alkanes) is 23. The fourth-order valence-corrected chi connectivity index (χ4v) is 6.20. The van der Waals surface area contributed by atoms with Gasteiger partial charge >= 0.3 is 0 Å². The van der Waals surface area contributed by atoms with Crippen molar-refractivity contribution in [3.63, 3.8) is 0 Å². The maximum atomic E-state index is 5.89. The Balaban J connectivity index is 2.99. The molecule has 0 aromatic heterocycles. The first-order valence-corrected chi connectivity index (χ1v) is 19.0. The minimum absolute atomic E-state index is 1.10. The van der Waals surface area contributed by atoms with Crippen LogP contribution in [-0.2, 0) is 0 Å². The fourth-order valence-electron chi connectivity index (χ4n) is 4.28. The lowest BCUT2D eigenvalue weighted by Crippen LogP contribution is -1.91. The largest absolute Gasteiger partial charge is 0.237 e. The first-order valence-electron chi connectivity index (χ1n) is 13.6. The summed E-state index contributed by atoms with van der Waals surface area (Å²) in [5, 5.41) is 1.18. The predicted octanol–water partition coefficient (Wildman–Crippen LogP) is 11.4. The van der Waals surface area contributed by atoms with Gasteiger partial charge in [0.25, 0.3) is 0 Å². The standard InChI is InChI=1S/C26H53BrCl2Si/c27-25-23-21-19-17-15-13-11-9-7-5-3-1-2-4-6-8-10-12-14-16-18-20-22-24-26-30(28)29/h30H,1-26H2. The van der Waals surface area contributed by atoms with E-state index < -0.39 is 7.42 Å². The van der Waals surface area contributed by atoms with E-state index in [0.717, 1.165) is 6.04 Å². The molecule has 0 saturated carbocycles. The van der Waals surface area contributed by atoms with Crippen LogP contribution in [0.4, 0.5) is 0 Å².